The Kier molecular flexibility index (Phi) is 5.03. The summed E-state index contributed by atoms with van der Waals surface area (Å²) in [6.07, 6.45) is 2.74. The number of aromatic hydroxyl groups is 1. The Bertz CT molecular complexity index is 664. The first-order chi connectivity index (χ1) is 10.0. The van der Waals surface area contributed by atoms with Gasteiger partial charge < -0.3 is 5.11 Å². The van der Waals surface area contributed by atoms with E-state index < -0.39 is 0 Å². The molecule has 2 aromatic rings. The smallest absolute Gasteiger partial charge is 0.127 e. The Morgan fingerprint density at radius 1 is 1.29 bits per heavy atom. The molecule has 110 valence electrons. The zero-order valence-electron chi connectivity index (χ0n) is 12.6. The lowest BCUT2D eigenvalue weighted by atomic mass is 9.97. The number of aliphatic imine (C=N–C) groups is 1. The summed E-state index contributed by atoms with van der Waals surface area (Å²) < 4.78 is 0. The molecule has 0 aliphatic heterocycles. The van der Waals surface area contributed by atoms with Gasteiger partial charge in [-0.15, -0.1) is 0 Å². The fourth-order valence-electron chi connectivity index (χ4n) is 2.24. The predicted molar refractivity (Wildman–Crippen MR) is 90.3 cm³/mol. The molecule has 2 nitrogen and oxygen atoms in total. The van der Waals surface area contributed by atoms with E-state index in [-0.39, 0.29) is 5.75 Å². The van der Waals surface area contributed by atoms with E-state index in [4.69, 9.17) is 11.6 Å². The Balaban J connectivity index is 2.39. The van der Waals surface area contributed by atoms with Crippen LogP contribution >= 0.6 is 11.6 Å². The molecule has 0 saturated carbocycles. The van der Waals surface area contributed by atoms with E-state index in [1.165, 1.54) is 5.56 Å². The molecular formula is C18H20ClNO. The van der Waals surface area contributed by atoms with Crippen LogP contribution in [0, 0.1) is 6.92 Å². The molecule has 0 spiro atoms. The molecule has 1 atom stereocenters. The van der Waals surface area contributed by atoms with Crippen molar-refractivity contribution in [1.82, 2.24) is 0 Å². The van der Waals surface area contributed by atoms with Crippen molar-refractivity contribution in [2.45, 2.75) is 33.1 Å². The summed E-state index contributed by atoms with van der Waals surface area (Å²) in [6, 6.07) is 11.6. The lowest BCUT2D eigenvalue weighted by Crippen LogP contribution is -1.92. The molecule has 0 bridgehead atoms. The van der Waals surface area contributed by atoms with Gasteiger partial charge in [-0.25, -0.2) is 0 Å². The van der Waals surface area contributed by atoms with Crippen molar-refractivity contribution in [1.29, 1.82) is 0 Å². The van der Waals surface area contributed by atoms with Crippen molar-refractivity contribution in [3.05, 3.63) is 58.1 Å². The van der Waals surface area contributed by atoms with Gasteiger partial charge in [0.25, 0.3) is 0 Å². The van der Waals surface area contributed by atoms with Gasteiger partial charge in [-0.3, -0.25) is 4.99 Å². The molecule has 2 rings (SSSR count). The summed E-state index contributed by atoms with van der Waals surface area (Å²) in [6.45, 7) is 6.18. The van der Waals surface area contributed by atoms with Crippen molar-refractivity contribution in [3.63, 3.8) is 0 Å². The van der Waals surface area contributed by atoms with E-state index >= 15 is 0 Å². The molecule has 1 unspecified atom stereocenters. The van der Waals surface area contributed by atoms with Crippen LogP contribution in [0.2, 0.25) is 5.02 Å². The molecule has 0 amide bonds. The summed E-state index contributed by atoms with van der Waals surface area (Å²) in [5, 5.41) is 10.7. The molecule has 0 fully saturated rings. The number of hydrogen-bond acceptors (Lipinski definition) is 2. The zero-order chi connectivity index (χ0) is 15.4. The van der Waals surface area contributed by atoms with Crippen molar-refractivity contribution in [3.8, 4) is 5.75 Å². The van der Waals surface area contributed by atoms with Crippen LogP contribution in [0.15, 0.2) is 41.4 Å². The number of nitrogens with zero attached hydrogens (tertiary/aromatic N) is 1. The number of halogens is 1. The minimum Gasteiger partial charge on any atom is -0.507 e. The molecule has 21 heavy (non-hydrogen) atoms. The number of para-hydroxylation sites is 1. The molecule has 0 saturated heterocycles. The van der Waals surface area contributed by atoms with Gasteiger partial charge >= 0.3 is 0 Å². The van der Waals surface area contributed by atoms with Gasteiger partial charge in [-0.05, 0) is 48.6 Å². The maximum Gasteiger partial charge on any atom is 0.127 e. The number of hydrogen-bond donors (Lipinski definition) is 1. The number of benzene rings is 2. The van der Waals surface area contributed by atoms with Gasteiger partial charge in [0.15, 0.2) is 0 Å². The lowest BCUT2D eigenvalue weighted by Gasteiger charge is -2.11. The fourth-order valence-corrected chi connectivity index (χ4v) is 2.52. The molecule has 2 aromatic carbocycles. The summed E-state index contributed by atoms with van der Waals surface area (Å²) in [5.74, 6) is 0.678. The quantitative estimate of drug-likeness (QED) is 0.731. The Morgan fingerprint density at radius 3 is 2.71 bits per heavy atom. The lowest BCUT2D eigenvalue weighted by molar-refractivity contribution is 0.470. The van der Waals surface area contributed by atoms with Gasteiger partial charge in [-0.2, -0.15) is 0 Å². The van der Waals surface area contributed by atoms with Crippen LogP contribution in [0.4, 0.5) is 5.69 Å². The summed E-state index contributed by atoms with van der Waals surface area (Å²) >= 11 is 6.04. The maximum atomic E-state index is 10.1. The molecule has 1 N–H and O–H groups in total. The van der Waals surface area contributed by atoms with E-state index in [0.717, 1.165) is 17.7 Å². The largest absolute Gasteiger partial charge is 0.507 e. The van der Waals surface area contributed by atoms with Crippen LogP contribution in [0.25, 0.3) is 0 Å². The van der Waals surface area contributed by atoms with Gasteiger partial charge in [0.05, 0.1) is 5.69 Å². The highest BCUT2D eigenvalue weighted by molar-refractivity contribution is 6.31. The topological polar surface area (TPSA) is 32.6 Å². The number of rotatable bonds is 4. The van der Waals surface area contributed by atoms with E-state index in [1.54, 1.807) is 18.3 Å². The van der Waals surface area contributed by atoms with Gasteiger partial charge in [0.2, 0.25) is 0 Å². The number of phenolic OH excluding ortho intramolecular Hbond substituents is 1. The highest BCUT2D eigenvalue weighted by Crippen LogP contribution is 2.30. The van der Waals surface area contributed by atoms with Crippen molar-refractivity contribution >= 4 is 23.5 Å². The minimum atomic E-state index is 0.226. The minimum absolute atomic E-state index is 0.226. The third-order valence-corrected chi connectivity index (χ3v) is 3.94. The highest BCUT2D eigenvalue weighted by Gasteiger charge is 2.08. The van der Waals surface area contributed by atoms with E-state index in [1.807, 2.05) is 25.1 Å². The predicted octanol–water partition coefficient (Wildman–Crippen LogP) is 5.62. The zero-order valence-corrected chi connectivity index (χ0v) is 13.4. The van der Waals surface area contributed by atoms with Crippen LogP contribution in [0.3, 0.4) is 0 Å². The fraction of sp³-hybridized carbons (Fsp3) is 0.278. The third-order valence-electron chi connectivity index (χ3n) is 3.72. The second kappa shape index (κ2) is 6.77. The van der Waals surface area contributed by atoms with E-state index in [9.17, 15) is 5.11 Å². The average Bonchev–Trinajstić information content (AvgIpc) is 2.49. The van der Waals surface area contributed by atoms with Crippen LogP contribution in [0.1, 0.15) is 42.9 Å². The van der Waals surface area contributed by atoms with Crippen LogP contribution in [-0.2, 0) is 0 Å². The van der Waals surface area contributed by atoms with Crippen molar-refractivity contribution in [2.24, 2.45) is 4.99 Å². The number of phenols is 1. The first-order valence-electron chi connectivity index (χ1n) is 7.15. The van der Waals surface area contributed by atoms with Gasteiger partial charge in [-0.1, -0.05) is 43.6 Å². The molecule has 0 radical (unpaired) electrons. The molecular weight excluding hydrogens is 282 g/mol. The summed E-state index contributed by atoms with van der Waals surface area (Å²) in [7, 11) is 0. The standard InChI is InChI=1S/C18H20ClNO/c1-4-12(2)16-7-5-6-8-17(16)20-11-14-10-15(19)9-13(3)18(14)21/h5-12,21H,4H2,1-3H3. The SMILES string of the molecule is CCC(C)c1ccccc1N=Cc1cc(Cl)cc(C)c1O. The monoisotopic (exact) mass is 301 g/mol. The summed E-state index contributed by atoms with van der Waals surface area (Å²) in [5.41, 5.74) is 3.54. The Hall–Kier alpha value is -1.80. The highest BCUT2D eigenvalue weighted by atomic mass is 35.5. The van der Waals surface area contributed by atoms with Crippen LogP contribution in [0.5, 0.6) is 5.75 Å². The summed E-state index contributed by atoms with van der Waals surface area (Å²) in [4.78, 5) is 4.54. The Morgan fingerprint density at radius 2 is 2.00 bits per heavy atom. The van der Waals surface area contributed by atoms with E-state index in [0.29, 0.717) is 16.5 Å². The van der Waals surface area contributed by atoms with E-state index in [2.05, 4.69) is 24.9 Å². The van der Waals surface area contributed by atoms with Crippen molar-refractivity contribution < 1.29 is 5.11 Å². The second-order valence-electron chi connectivity index (χ2n) is 5.29. The first-order valence-corrected chi connectivity index (χ1v) is 7.52. The average molecular weight is 302 g/mol. The molecule has 3 heteroatoms. The third kappa shape index (κ3) is 3.64. The van der Waals surface area contributed by atoms with Gasteiger partial charge in [0, 0.05) is 16.8 Å². The normalized spacial score (nSPS) is 12.8. The Labute approximate surface area is 131 Å². The van der Waals surface area contributed by atoms with Crippen LogP contribution in [-0.4, -0.2) is 11.3 Å². The van der Waals surface area contributed by atoms with Crippen molar-refractivity contribution in [2.75, 3.05) is 0 Å². The van der Waals surface area contributed by atoms with Gasteiger partial charge in [0.1, 0.15) is 5.75 Å². The molecule has 0 aromatic heterocycles. The van der Waals surface area contributed by atoms with Crippen LogP contribution < -0.4 is 0 Å². The number of aryl methyl sites for hydroxylation is 1. The first kappa shape index (κ1) is 15.6. The molecule has 0 heterocycles. The maximum absolute atomic E-state index is 10.1. The molecule has 0 aliphatic rings. The second-order valence-corrected chi connectivity index (χ2v) is 5.72. The molecule has 0 aliphatic carbocycles.